The normalized spacial score (nSPS) is 19.2. The monoisotopic (exact) mass is 308 g/mol. The summed E-state index contributed by atoms with van der Waals surface area (Å²) < 4.78 is 5.54. The van der Waals surface area contributed by atoms with E-state index in [0.717, 1.165) is 49.7 Å². The number of carbonyl (C=O) groups is 1. The predicted molar refractivity (Wildman–Crippen MR) is 85.9 cm³/mol. The second kappa shape index (κ2) is 7.29. The van der Waals surface area contributed by atoms with Crippen LogP contribution >= 0.6 is 0 Å². The maximum atomic E-state index is 12.7. The molecule has 0 radical (unpaired) electrons. The fourth-order valence-corrected chi connectivity index (χ4v) is 3.07. The first-order chi connectivity index (χ1) is 10.4. The van der Waals surface area contributed by atoms with Crippen molar-refractivity contribution in [1.82, 2.24) is 9.80 Å². The fourth-order valence-electron chi connectivity index (χ4n) is 3.07. The average molecular weight is 308 g/mol. The van der Waals surface area contributed by atoms with Crippen molar-refractivity contribution in [2.45, 2.75) is 46.1 Å². The van der Waals surface area contributed by atoms with E-state index in [1.54, 1.807) is 0 Å². The molecule has 1 amide bonds. The lowest BCUT2D eigenvalue weighted by Crippen LogP contribution is -2.51. The van der Waals surface area contributed by atoms with Crippen LogP contribution in [0.1, 0.15) is 43.3 Å². The molecule has 5 nitrogen and oxygen atoms in total. The van der Waals surface area contributed by atoms with E-state index in [1.807, 2.05) is 38.7 Å². The van der Waals surface area contributed by atoms with Crippen LogP contribution in [-0.4, -0.2) is 59.6 Å². The number of aryl methyl sites for hydroxylation is 2. The molecule has 2 atom stereocenters. The van der Waals surface area contributed by atoms with E-state index in [-0.39, 0.29) is 17.9 Å². The summed E-state index contributed by atoms with van der Waals surface area (Å²) in [5.74, 6) is 1.69. The van der Waals surface area contributed by atoms with E-state index in [0.29, 0.717) is 6.54 Å². The van der Waals surface area contributed by atoms with Crippen LogP contribution in [0.15, 0.2) is 10.5 Å². The van der Waals surface area contributed by atoms with Crippen molar-refractivity contribution in [3.63, 3.8) is 0 Å². The number of carbonyl (C=O) groups excluding carboxylic acids is 1. The Balaban J connectivity index is 1.91. The van der Waals surface area contributed by atoms with Gasteiger partial charge in [0.1, 0.15) is 11.5 Å². The highest BCUT2D eigenvalue weighted by Gasteiger charge is 2.28. The molecule has 1 fully saturated rings. The molecule has 1 aromatic rings. The molecular weight excluding hydrogens is 280 g/mol. The van der Waals surface area contributed by atoms with Crippen LogP contribution in [0.4, 0.5) is 0 Å². The minimum atomic E-state index is -0.266. The van der Waals surface area contributed by atoms with Gasteiger partial charge in [-0.15, -0.1) is 0 Å². The molecule has 124 valence electrons. The van der Waals surface area contributed by atoms with E-state index >= 15 is 0 Å². The van der Waals surface area contributed by atoms with E-state index in [2.05, 4.69) is 4.90 Å². The number of aliphatic hydroxyl groups excluding tert-OH is 1. The van der Waals surface area contributed by atoms with Crippen molar-refractivity contribution in [2.24, 2.45) is 0 Å². The van der Waals surface area contributed by atoms with Gasteiger partial charge in [-0.25, -0.2) is 0 Å². The topological polar surface area (TPSA) is 56.9 Å². The standard InChI is InChI=1S/C17H28N2O3/c1-5-15(20)11-18-6-8-19(9-7-18)17(21)13(3)16-10-12(2)22-14(16)4/h10,13,15,20H,5-9,11H2,1-4H3/t13-,15-/m1/s1. The Hall–Kier alpha value is -1.33. The average Bonchev–Trinajstić information content (AvgIpc) is 2.85. The van der Waals surface area contributed by atoms with Crippen LogP contribution in [0.3, 0.4) is 0 Å². The Morgan fingerprint density at radius 2 is 1.95 bits per heavy atom. The van der Waals surface area contributed by atoms with Crippen LogP contribution in [0.2, 0.25) is 0 Å². The first-order valence-corrected chi connectivity index (χ1v) is 8.18. The molecule has 1 aliphatic rings. The molecule has 0 unspecified atom stereocenters. The fraction of sp³-hybridized carbons (Fsp3) is 0.706. The Labute approximate surface area is 132 Å². The summed E-state index contributed by atoms with van der Waals surface area (Å²) in [7, 11) is 0. The summed E-state index contributed by atoms with van der Waals surface area (Å²) in [5.41, 5.74) is 0.992. The van der Waals surface area contributed by atoms with Crippen molar-refractivity contribution >= 4 is 5.91 Å². The molecule has 0 bridgehead atoms. The van der Waals surface area contributed by atoms with Gasteiger partial charge in [0.25, 0.3) is 0 Å². The number of β-amino-alcohol motifs (C(OH)–C–C–N with tert-alkyl or cyclic N) is 1. The maximum Gasteiger partial charge on any atom is 0.230 e. The van der Waals surface area contributed by atoms with E-state index < -0.39 is 0 Å². The van der Waals surface area contributed by atoms with Gasteiger partial charge in [0, 0.05) is 38.3 Å². The Morgan fingerprint density at radius 1 is 1.32 bits per heavy atom. The Bertz CT molecular complexity index is 504. The number of furan rings is 1. The minimum absolute atomic E-state index is 0.162. The summed E-state index contributed by atoms with van der Waals surface area (Å²) in [4.78, 5) is 16.8. The molecule has 0 spiro atoms. The number of hydrogen-bond acceptors (Lipinski definition) is 4. The molecule has 1 N–H and O–H groups in total. The smallest absolute Gasteiger partial charge is 0.230 e. The van der Waals surface area contributed by atoms with Gasteiger partial charge in [-0.05, 0) is 33.3 Å². The number of rotatable bonds is 5. The molecule has 1 saturated heterocycles. The zero-order chi connectivity index (χ0) is 16.3. The zero-order valence-electron chi connectivity index (χ0n) is 14.1. The first-order valence-electron chi connectivity index (χ1n) is 8.18. The zero-order valence-corrected chi connectivity index (χ0v) is 14.1. The second-order valence-corrected chi connectivity index (χ2v) is 6.28. The van der Waals surface area contributed by atoms with Crippen molar-refractivity contribution in [3.05, 3.63) is 23.2 Å². The molecule has 22 heavy (non-hydrogen) atoms. The van der Waals surface area contributed by atoms with Gasteiger partial charge in [0.15, 0.2) is 0 Å². The number of nitrogens with zero attached hydrogens (tertiary/aromatic N) is 2. The molecule has 0 aliphatic carbocycles. The molecule has 0 saturated carbocycles. The number of piperazine rings is 1. The van der Waals surface area contributed by atoms with Gasteiger partial charge < -0.3 is 14.4 Å². The van der Waals surface area contributed by atoms with E-state index in [1.165, 1.54) is 0 Å². The lowest BCUT2D eigenvalue weighted by molar-refractivity contribution is -0.134. The molecule has 0 aromatic carbocycles. The highest BCUT2D eigenvalue weighted by molar-refractivity contribution is 5.83. The van der Waals surface area contributed by atoms with Crippen LogP contribution in [0, 0.1) is 13.8 Å². The largest absolute Gasteiger partial charge is 0.466 e. The Kier molecular flexibility index (Phi) is 5.64. The summed E-state index contributed by atoms with van der Waals surface area (Å²) in [5, 5.41) is 9.72. The third-order valence-corrected chi connectivity index (χ3v) is 4.54. The first kappa shape index (κ1) is 17.0. The minimum Gasteiger partial charge on any atom is -0.466 e. The highest BCUT2D eigenvalue weighted by atomic mass is 16.3. The van der Waals surface area contributed by atoms with Gasteiger partial charge in [-0.3, -0.25) is 9.69 Å². The third kappa shape index (κ3) is 3.90. The molecule has 2 heterocycles. The SMILES string of the molecule is CC[C@@H](O)CN1CCN(C(=O)[C@H](C)c2cc(C)oc2C)CC1. The number of aliphatic hydroxyl groups is 1. The Morgan fingerprint density at radius 3 is 2.45 bits per heavy atom. The molecular formula is C17H28N2O3. The number of hydrogen-bond donors (Lipinski definition) is 1. The van der Waals surface area contributed by atoms with Crippen molar-refractivity contribution in [1.29, 1.82) is 0 Å². The highest BCUT2D eigenvalue weighted by Crippen LogP contribution is 2.25. The number of amides is 1. The maximum absolute atomic E-state index is 12.7. The predicted octanol–water partition coefficient (Wildman–Crippen LogP) is 1.92. The van der Waals surface area contributed by atoms with Crippen molar-refractivity contribution < 1.29 is 14.3 Å². The molecule has 5 heteroatoms. The summed E-state index contributed by atoms with van der Waals surface area (Å²) in [6, 6.07) is 1.96. The molecule has 1 aromatic heterocycles. The molecule has 1 aliphatic heterocycles. The van der Waals surface area contributed by atoms with Crippen LogP contribution < -0.4 is 0 Å². The third-order valence-electron chi connectivity index (χ3n) is 4.54. The van der Waals surface area contributed by atoms with Gasteiger partial charge in [-0.2, -0.15) is 0 Å². The van der Waals surface area contributed by atoms with Gasteiger partial charge >= 0.3 is 0 Å². The van der Waals surface area contributed by atoms with E-state index in [4.69, 9.17) is 4.42 Å². The lowest BCUT2D eigenvalue weighted by Gasteiger charge is -2.36. The van der Waals surface area contributed by atoms with Crippen molar-refractivity contribution in [3.8, 4) is 0 Å². The van der Waals surface area contributed by atoms with Gasteiger partial charge in [0.05, 0.1) is 12.0 Å². The van der Waals surface area contributed by atoms with Gasteiger partial charge in [-0.1, -0.05) is 6.92 Å². The van der Waals surface area contributed by atoms with Crippen LogP contribution in [-0.2, 0) is 4.79 Å². The van der Waals surface area contributed by atoms with Crippen LogP contribution in [0.5, 0.6) is 0 Å². The second-order valence-electron chi connectivity index (χ2n) is 6.28. The summed E-state index contributed by atoms with van der Waals surface area (Å²) in [6.07, 6.45) is 0.507. The van der Waals surface area contributed by atoms with E-state index in [9.17, 15) is 9.90 Å². The molecule has 2 rings (SSSR count). The van der Waals surface area contributed by atoms with Gasteiger partial charge in [0.2, 0.25) is 5.91 Å². The lowest BCUT2D eigenvalue weighted by atomic mass is 9.99. The van der Waals surface area contributed by atoms with Crippen molar-refractivity contribution in [2.75, 3.05) is 32.7 Å². The quantitative estimate of drug-likeness (QED) is 0.903. The summed E-state index contributed by atoms with van der Waals surface area (Å²) in [6.45, 7) is 11.6. The summed E-state index contributed by atoms with van der Waals surface area (Å²) >= 11 is 0. The van der Waals surface area contributed by atoms with Crippen LogP contribution in [0.25, 0.3) is 0 Å².